The molecule has 3 heterocycles. The number of fused-ring (bicyclic) bond motifs is 1. The number of nitrogens with zero attached hydrogens (tertiary/aromatic N) is 4. The van der Waals surface area contributed by atoms with Crippen LogP contribution in [0.5, 0.6) is 0 Å². The van der Waals surface area contributed by atoms with Gasteiger partial charge in [-0.2, -0.15) is 0 Å². The third kappa shape index (κ3) is 2.85. The van der Waals surface area contributed by atoms with Crippen LogP contribution in [0.3, 0.4) is 0 Å². The van der Waals surface area contributed by atoms with Crippen LogP contribution in [0.25, 0.3) is 0 Å². The molecule has 1 aromatic carbocycles. The van der Waals surface area contributed by atoms with Crippen LogP contribution in [-0.2, 0) is 13.5 Å². The van der Waals surface area contributed by atoms with Gasteiger partial charge in [-0.05, 0) is 38.3 Å². The summed E-state index contributed by atoms with van der Waals surface area (Å²) < 4.78 is 1.87. The molecule has 3 fully saturated rings. The highest BCUT2D eigenvalue weighted by atomic mass is 16.2. The van der Waals surface area contributed by atoms with Gasteiger partial charge in [0, 0.05) is 49.0 Å². The molecular weight excluding hydrogens is 360 g/mol. The Morgan fingerprint density at radius 3 is 2.55 bits per heavy atom. The third-order valence-electron chi connectivity index (χ3n) is 8.06. The molecule has 2 aromatic rings. The van der Waals surface area contributed by atoms with Crippen molar-refractivity contribution in [1.29, 1.82) is 0 Å². The summed E-state index contributed by atoms with van der Waals surface area (Å²) in [4.78, 5) is 23.1. The minimum absolute atomic E-state index is 0.116. The van der Waals surface area contributed by atoms with Crippen LogP contribution in [0.1, 0.15) is 55.2 Å². The van der Waals surface area contributed by atoms with Gasteiger partial charge < -0.3 is 9.47 Å². The molecular formula is C24H32N4O. The van der Waals surface area contributed by atoms with Gasteiger partial charge in [0.25, 0.3) is 5.91 Å². The Hall–Kier alpha value is -2.14. The molecule has 2 aliphatic heterocycles. The first-order chi connectivity index (χ1) is 14.0. The van der Waals surface area contributed by atoms with Gasteiger partial charge in [-0.1, -0.05) is 50.1 Å². The molecule has 3 aliphatic rings. The smallest absolute Gasteiger partial charge is 0.290 e. The first kappa shape index (κ1) is 18.9. The lowest BCUT2D eigenvalue weighted by molar-refractivity contribution is 0.0155. The van der Waals surface area contributed by atoms with Gasteiger partial charge in [-0.15, -0.1) is 0 Å². The van der Waals surface area contributed by atoms with E-state index in [4.69, 9.17) is 0 Å². The summed E-state index contributed by atoms with van der Waals surface area (Å²) in [6.45, 7) is 2.45. The predicted octanol–water partition coefficient (Wildman–Crippen LogP) is 3.51. The van der Waals surface area contributed by atoms with E-state index in [2.05, 4.69) is 59.1 Å². The average Bonchev–Trinajstić information content (AvgIpc) is 3.20. The highest BCUT2D eigenvalue weighted by Crippen LogP contribution is 2.55. The molecule has 29 heavy (non-hydrogen) atoms. The molecule has 1 amide bonds. The van der Waals surface area contributed by atoms with Gasteiger partial charge in [0.15, 0.2) is 5.82 Å². The Kier molecular flexibility index (Phi) is 4.54. The van der Waals surface area contributed by atoms with Crippen LogP contribution >= 0.6 is 0 Å². The Bertz CT molecular complexity index is 893. The topological polar surface area (TPSA) is 41.4 Å². The minimum atomic E-state index is 0.116. The lowest BCUT2D eigenvalue weighted by Crippen LogP contribution is -2.58. The maximum Gasteiger partial charge on any atom is 0.290 e. The molecule has 1 saturated carbocycles. The van der Waals surface area contributed by atoms with Crippen molar-refractivity contribution in [3.8, 4) is 0 Å². The van der Waals surface area contributed by atoms with Crippen LogP contribution < -0.4 is 0 Å². The summed E-state index contributed by atoms with van der Waals surface area (Å²) >= 11 is 0. The minimum Gasteiger partial charge on any atom is -0.330 e. The van der Waals surface area contributed by atoms with Crippen molar-refractivity contribution >= 4 is 5.91 Å². The Balaban J connectivity index is 1.57. The number of hydrogen-bond donors (Lipinski definition) is 0. The molecule has 0 unspecified atom stereocenters. The van der Waals surface area contributed by atoms with Crippen LogP contribution in [0.2, 0.25) is 0 Å². The van der Waals surface area contributed by atoms with Gasteiger partial charge in [0.1, 0.15) is 0 Å². The van der Waals surface area contributed by atoms with Crippen molar-refractivity contribution in [2.45, 2.75) is 69.6 Å². The number of likely N-dealkylation sites (tertiary alicyclic amines) is 2. The first-order valence-corrected chi connectivity index (χ1v) is 11.1. The van der Waals surface area contributed by atoms with Crippen molar-refractivity contribution in [2.75, 3.05) is 7.05 Å². The van der Waals surface area contributed by atoms with Crippen molar-refractivity contribution < 1.29 is 4.79 Å². The number of amides is 1. The maximum absolute atomic E-state index is 13.8. The first-order valence-electron chi connectivity index (χ1n) is 11.1. The third-order valence-corrected chi connectivity index (χ3v) is 8.06. The number of benzene rings is 1. The molecule has 2 saturated heterocycles. The lowest BCUT2D eigenvalue weighted by Gasteiger charge is -2.49. The van der Waals surface area contributed by atoms with Crippen LogP contribution in [0.4, 0.5) is 0 Å². The zero-order valence-electron chi connectivity index (χ0n) is 17.8. The van der Waals surface area contributed by atoms with E-state index in [0.29, 0.717) is 23.9 Å². The summed E-state index contributed by atoms with van der Waals surface area (Å²) in [5.41, 5.74) is 1.53. The normalized spacial score (nSPS) is 34.2. The molecule has 1 aromatic heterocycles. The van der Waals surface area contributed by atoms with Crippen LogP contribution in [-0.4, -0.2) is 56.5 Å². The monoisotopic (exact) mass is 392 g/mol. The van der Waals surface area contributed by atoms with E-state index in [1.165, 1.54) is 24.8 Å². The quantitative estimate of drug-likeness (QED) is 0.803. The van der Waals surface area contributed by atoms with Crippen LogP contribution in [0.15, 0.2) is 42.7 Å². The second-order valence-electron chi connectivity index (χ2n) is 9.59. The SMILES string of the molecule is CN1[C@@H](Cc2ccccc2)[C@@H]2C[C@@]3(C)[C@H](CCCC[C@@H]13)N2C(=O)c1nccn1C. The number of carbonyl (C=O) groups excluding carboxylic acids is 1. The molecule has 5 atom stereocenters. The second-order valence-corrected chi connectivity index (χ2v) is 9.59. The summed E-state index contributed by atoms with van der Waals surface area (Å²) in [6, 6.07) is 12.2. The lowest BCUT2D eigenvalue weighted by atomic mass is 9.69. The van der Waals surface area contributed by atoms with E-state index in [-0.39, 0.29) is 17.4 Å². The van der Waals surface area contributed by atoms with E-state index >= 15 is 0 Å². The summed E-state index contributed by atoms with van der Waals surface area (Å²) in [7, 11) is 4.23. The number of carbonyl (C=O) groups is 1. The molecule has 1 aliphatic carbocycles. The highest BCUT2D eigenvalue weighted by molar-refractivity contribution is 5.91. The van der Waals surface area contributed by atoms with Crippen LogP contribution in [0, 0.1) is 5.41 Å². The second kappa shape index (κ2) is 6.98. The Morgan fingerprint density at radius 1 is 1.14 bits per heavy atom. The zero-order chi connectivity index (χ0) is 20.2. The molecule has 154 valence electrons. The number of imidazole rings is 1. The van der Waals surface area contributed by atoms with E-state index in [1.54, 1.807) is 6.20 Å². The Labute approximate surface area is 173 Å². The fraction of sp³-hybridized carbons (Fsp3) is 0.583. The maximum atomic E-state index is 13.8. The Morgan fingerprint density at radius 2 is 1.86 bits per heavy atom. The van der Waals surface area contributed by atoms with Gasteiger partial charge in [0.2, 0.25) is 0 Å². The van der Waals surface area contributed by atoms with E-state index in [0.717, 1.165) is 19.3 Å². The summed E-state index contributed by atoms with van der Waals surface area (Å²) in [5.74, 6) is 0.688. The van der Waals surface area contributed by atoms with E-state index in [9.17, 15) is 4.79 Å². The predicted molar refractivity (Wildman–Crippen MR) is 114 cm³/mol. The molecule has 0 radical (unpaired) electrons. The molecule has 2 bridgehead atoms. The van der Waals surface area contributed by atoms with E-state index in [1.807, 2.05) is 17.8 Å². The zero-order valence-corrected chi connectivity index (χ0v) is 17.8. The highest BCUT2D eigenvalue weighted by Gasteiger charge is 2.62. The van der Waals surface area contributed by atoms with Gasteiger partial charge in [-0.3, -0.25) is 9.69 Å². The largest absolute Gasteiger partial charge is 0.330 e. The number of likely N-dealkylation sites (N-methyl/N-ethyl adjacent to an activating group) is 1. The van der Waals surface area contributed by atoms with Gasteiger partial charge in [-0.25, -0.2) is 4.98 Å². The number of piperidine rings is 1. The molecule has 5 rings (SSSR count). The average molecular weight is 393 g/mol. The van der Waals surface area contributed by atoms with Gasteiger partial charge >= 0.3 is 0 Å². The fourth-order valence-electron chi connectivity index (χ4n) is 6.67. The number of rotatable bonds is 3. The van der Waals surface area contributed by atoms with Crippen molar-refractivity contribution in [1.82, 2.24) is 19.4 Å². The molecule has 0 spiro atoms. The van der Waals surface area contributed by atoms with Crippen molar-refractivity contribution in [2.24, 2.45) is 12.5 Å². The molecule has 5 heteroatoms. The molecule has 0 N–H and O–H groups in total. The van der Waals surface area contributed by atoms with E-state index < -0.39 is 0 Å². The summed E-state index contributed by atoms with van der Waals surface area (Å²) in [5, 5.41) is 0. The summed E-state index contributed by atoms with van der Waals surface area (Å²) in [6.07, 6.45) is 10.5. The van der Waals surface area contributed by atoms with Crippen molar-refractivity contribution in [3.05, 3.63) is 54.1 Å². The number of hydrogen-bond acceptors (Lipinski definition) is 3. The number of aromatic nitrogens is 2. The van der Waals surface area contributed by atoms with Crippen molar-refractivity contribution in [3.63, 3.8) is 0 Å². The number of aryl methyl sites for hydroxylation is 1. The fourth-order valence-corrected chi connectivity index (χ4v) is 6.67. The standard InChI is InChI=1S/C24H32N4O/c1-24-16-19-18(15-17-9-5-4-6-10-17)27(3)20(24)11-7-8-12-21(24)28(19)23(29)22-25-13-14-26(22)2/h4-6,9-10,13-14,18-21H,7-8,11-12,15-16H2,1-3H3/t18-,19-,20+,21-,24+/m0/s1. The van der Waals surface area contributed by atoms with Gasteiger partial charge in [0.05, 0.1) is 0 Å². The molecule has 5 nitrogen and oxygen atoms in total.